The number of benzene rings is 3. The second-order valence-electron chi connectivity index (χ2n) is 8.24. The number of hydrazone groups is 1. The fourth-order valence-electron chi connectivity index (χ4n) is 3.08. The maximum atomic E-state index is 12.3. The van der Waals surface area contributed by atoms with Crippen LogP contribution in [-0.4, -0.2) is 36.9 Å². The van der Waals surface area contributed by atoms with E-state index in [1.54, 1.807) is 49.6 Å². The highest BCUT2D eigenvalue weighted by molar-refractivity contribution is 9.10. The van der Waals surface area contributed by atoms with Gasteiger partial charge in [-0.05, 0) is 72.1 Å². The van der Waals surface area contributed by atoms with Gasteiger partial charge in [0.25, 0.3) is 5.91 Å². The minimum Gasteiger partial charge on any atom is -0.507 e. The van der Waals surface area contributed by atoms with Crippen LogP contribution >= 0.6 is 15.9 Å². The van der Waals surface area contributed by atoms with Gasteiger partial charge in [0.2, 0.25) is 0 Å². The summed E-state index contributed by atoms with van der Waals surface area (Å²) in [6, 6.07) is 16.7. The van der Waals surface area contributed by atoms with Crippen molar-refractivity contribution in [2.24, 2.45) is 11.0 Å². The Morgan fingerprint density at radius 3 is 2.53 bits per heavy atom. The molecule has 0 aliphatic rings. The number of hydrogen-bond acceptors (Lipinski definition) is 7. The Labute approximate surface area is 218 Å². The van der Waals surface area contributed by atoms with Crippen LogP contribution in [-0.2, 0) is 11.3 Å². The first-order chi connectivity index (χ1) is 17.3. The lowest BCUT2D eigenvalue weighted by Crippen LogP contribution is -2.17. The highest BCUT2D eigenvalue weighted by Crippen LogP contribution is 2.23. The van der Waals surface area contributed by atoms with Crippen LogP contribution in [0.25, 0.3) is 0 Å². The number of halogens is 1. The molecule has 1 amide bonds. The van der Waals surface area contributed by atoms with Crippen LogP contribution in [0, 0.1) is 5.92 Å². The first-order valence-electron chi connectivity index (χ1n) is 11.2. The fourth-order valence-corrected chi connectivity index (χ4v) is 3.44. The van der Waals surface area contributed by atoms with Gasteiger partial charge < -0.3 is 19.3 Å². The van der Waals surface area contributed by atoms with Crippen molar-refractivity contribution in [2.45, 2.75) is 20.5 Å². The van der Waals surface area contributed by atoms with E-state index in [9.17, 15) is 14.7 Å². The second kappa shape index (κ2) is 12.7. The number of esters is 1. The van der Waals surface area contributed by atoms with Crippen molar-refractivity contribution in [1.29, 1.82) is 0 Å². The predicted octanol–water partition coefficient (Wildman–Crippen LogP) is 5.32. The zero-order chi connectivity index (χ0) is 26.1. The van der Waals surface area contributed by atoms with Gasteiger partial charge in [0.1, 0.15) is 23.9 Å². The highest BCUT2D eigenvalue weighted by Gasteiger charge is 2.12. The van der Waals surface area contributed by atoms with E-state index in [0.717, 1.165) is 5.56 Å². The molecule has 0 spiro atoms. The standard InChI is InChI=1S/C27H27BrN2O6/c1-17(2)15-36-27(33)19-5-8-22(9-6-19)35-16-20-12-18(4-11-25(20)34-3)14-29-30-26(32)23-13-21(28)7-10-24(23)31/h4-14,17,31H,15-16H2,1-3H3,(H,30,32)/b29-14+. The van der Waals surface area contributed by atoms with Crippen molar-refractivity contribution >= 4 is 34.0 Å². The molecule has 36 heavy (non-hydrogen) atoms. The Morgan fingerprint density at radius 2 is 1.83 bits per heavy atom. The Kier molecular flexibility index (Phi) is 9.46. The topological polar surface area (TPSA) is 106 Å². The Balaban J connectivity index is 1.62. The summed E-state index contributed by atoms with van der Waals surface area (Å²) in [4.78, 5) is 24.4. The van der Waals surface area contributed by atoms with Crippen LogP contribution in [0.5, 0.6) is 17.2 Å². The monoisotopic (exact) mass is 554 g/mol. The number of hydrogen-bond donors (Lipinski definition) is 2. The number of phenols is 1. The SMILES string of the molecule is COc1ccc(/C=N/NC(=O)c2cc(Br)ccc2O)cc1COc1ccc(C(=O)OCC(C)C)cc1. The number of rotatable bonds is 10. The maximum absolute atomic E-state index is 12.3. The molecule has 0 unspecified atom stereocenters. The van der Waals surface area contributed by atoms with E-state index in [1.165, 1.54) is 18.3 Å². The first-order valence-corrected chi connectivity index (χ1v) is 11.9. The quantitative estimate of drug-likeness (QED) is 0.199. The first kappa shape index (κ1) is 26.7. The van der Waals surface area contributed by atoms with Crippen molar-refractivity contribution in [1.82, 2.24) is 5.43 Å². The zero-order valence-corrected chi connectivity index (χ0v) is 21.7. The van der Waals surface area contributed by atoms with Crippen molar-refractivity contribution in [3.05, 3.63) is 87.4 Å². The fraction of sp³-hybridized carbons (Fsp3) is 0.222. The lowest BCUT2D eigenvalue weighted by molar-refractivity contribution is 0.0458. The number of phenolic OH excluding ortho intramolecular Hbond substituents is 1. The molecule has 2 N–H and O–H groups in total. The Hall–Kier alpha value is -3.85. The Bertz CT molecular complexity index is 1240. The summed E-state index contributed by atoms with van der Waals surface area (Å²) < 4.78 is 17.2. The summed E-state index contributed by atoms with van der Waals surface area (Å²) in [6.07, 6.45) is 1.48. The van der Waals surface area contributed by atoms with Gasteiger partial charge >= 0.3 is 5.97 Å². The van der Waals surface area contributed by atoms with E-state index in [0.29, 0.717) is 33.7 Å². The minimum atomic E-state index is -0.543. The van der Waals surface area contributed by atoms with Gasteiger partial charge in [0, 0.05) is 10.0 Å². The Morgan fingerprint density at radius 1 is 1.08 bits per heavy atom. The average Bonchev–Trinajstić information content (AvgIpc) is 2.87. The molecule has 0 saturated carbocycles. The second-order valence-corrected chi connectivity index (χ2v) is 9.15. The van der Waals surface area contributed by atoms with Gasteiger partial charge in [-0.15, -0.1) is 0 Å². The molecule has 0 saturated heterocycles. The molecule has 0 aliphatic carbocycles. The molecular formula is C27H27BrN2O6. The molecule has 3 aromatic carbocycles. The smallest absolute Gasteiger partial charge is 0.338 e. The van der Waals surface area contributed by atoms with Gasteiger partial charge in [-0.3, -0.25) is 4.79 Å². The lowest BCUT2D eigenvalue weighted by Gasteiger charge is -2.12. The van der Waals surface area contributed by atoms with E-state index in [4.69, 9.17) is 14.2 Å². The summed E-state index contributed by atoms with van der Waals surface area (Å²) in [7, 11) is 1.56. The van der Waals surface area contributed by atoms with Crippen molar-refractivity contribution < 1.29 is 28.9 Å². The zero-order valence-electron chi connectivity index (χ0n) is 20.2. The van der Waals surface area contributed by atoms with Crippen LogP contribution in [0.2, 0.25) is 0 Å². The van der Waals surface area contributed by atoms with Crippen LogP contribution < -0.4 is 14.9 Å². The molecule has 0 aromatic heterocycles. The molecule has 0 radical (unpaired) electrons. The molecule has 0 atom stereocenters. The molecule has 0 heterocycles. The molecule has 9 heteroatoms. The summed E-state index contributed by atoms with van der Waals surface area (Å²) in [5.74, 6) is 0.421. The number of carbonyl (C=O) groups is 2. The summed E-state index contributed by atoms with van der Waals surface area (Å²) in [6.45, 7) is 4.53. The maximum Gasteiger partial charge on any atom is 0.338 e. The summed E-state index contributed by atoms with van der Waals surface area (Å²) >= 11 is 3.27. The normalized spacial score (nSPS) is 10.9. The number of nitrogens with zero attached hydrogens (tertiary/aromatic N) is 1. The predicted molar refractivity (Wildman–Crippen MR) is 140 cm³/mol. The summed E-state index contributed by atoms with van der Waals surface area (Å²) in [5.41, 5.74) is 4.42. The van der Waals surface area contributed by atoms with Crippen molar-refractivity contribution in [3.8, 4) is 17.2 Å². The van der Waals surface area contributed by atoms with E-state index >= 15 is 0 Å². The van der Waals surface area contributed by atoms with Gasteiger partial charge in [0.05, 0.1) is 31.1 Å². The number of methoxy groups -OCH3 is 1. The number of aromatic hydroxyl groups is 1. The minimum absolute atomic E-state index is 0.101. The van der Waals surface area contributed by atoms with Crippen molar-refractivity contribution in [2.75, 3.05) is 13.7 Å². The van der Waals surface area contributed by atoms with Gasteiger partial charge in [0.15, 0.2) is 0 Å². The molecule has 0 bridgehead atoms. The molecule has 0 fully saturated rings. The highest BCUT2D eigenvalue weighted by atomic mass is 79.9. The van der Waals surface area contributed by atoms with Gasteiger partial charge in [-0.2, -0.15) is 5.10 Å². The van der Waals surface area contributed by atoms with Crippen LogP contribution in [0.3, 0.4) is 0 Å². The molecule has 188 valence electrons. The molecule has 8 nitrogen and oxygen atoms in total. The van der Waals surface area contributed by atoms with E-state index in [2.05, 4.69) is 26.5 Å². The van der Waals surface area contributed by atoms with Gasteiger partial charge in [-0.25, -0.2) is 10.2 Å². The number of carbonyl (C=O) groups excluding carboxylic acids is 2. The summed E-state index contributed by atoms with van der Waals surface area (Å²) in [5, 5.41) is 13.8. The number of ether oxygens (including phenoxy) is 3. The van der Waals surface area contributed by atoms with E-state index in [1.807, 2.05) is 19.9 Å². The van der Waals surface area contributed by atoms with Crippen LogP contribution in [0.1, 0.15) is 45.7 Å². The van der Waals surface area contributed by atoms with E-state index < -0.39 is 5.91 Å². The molecule has 3 rings (SSSR count). The third kappa shape index (κ3) is 7.58. The third-order valence-electron chi connectivity index (χ3n) is 4.92. The van der Waals surface area contributed by atoms with Crippen LogP contribution in [0.4, 0.5) is 0 Å². The number of amides is 1. The largest absolute Gasteiger partial charge is 0.507 e. The molecule has 3 aromatic rings. The number of nitrogens with one attached hydrogen (secondary N) is 1. The molecule has 0 aliphatic heterocycles. The van der Waals surface area contributed by atoms with Gasteiger partial charge in [-0.1, -0.05) is 29.8 Å². The lowest BCUT2D eigenvalue weighted by atomic mass is 10.1. The average molecular weight is 555 g/mol. The van der Waals surface area contributed by atoms with E-state index in [-0.39, 0.29) is 29.8 Å². The molecular weight excluding hydrogens is 528 g/mol. The van der Waals surface area contributed by atoms with Crippen LogP contribution in [0.15, 0.2) is 70.2 Å². The third-order valence-corrected chi connectivity index (χ3v) is 5.41. The van der Waals surface area contributed by atoms with Crippen molar-refractivity contribution in [3.63, 3.8) is 0 Å².